The molecule has 0 heterocycles. The Morgan fingerprint density at radius 2 is 1.35 bits per heavy atom. The monoisotopic (exact) mass is 558 g/mol. The first-order valence-corrected chi connectivity index (χ1v) is 16.6. The number of rotatable bonds is 14. The summed E-state index contributed by atoms with van der Waals surface area (Å²) in [6.45, 7) is 12.8. The summed E-state index contributed by atoms with van der Waals surface area (Å²) in [5.74, 6) is 0. The molecule has 0 N–H and O–H groups in total. The molecule has 0 aliphatic heterocycles. The van der Waals surface area contributed by atoms with Crippen molar-refractivity contribution < 1.29 is 18.6 Å². The second kappa shape index (κ2) is 14.9. The summed E-state index contributed by atoms with van der Waals surface area (Å²) in [5, 5.41) is 2.44. The van der Waals surface area contributed by atoms with E-state index >= 15 is 0 Å². The van der Waals surface area contributed by atoms with Gasteiger partial charge in [0, 0.05) is 0 Å². The molecular weight excluding hydrogens is 512 g/mol. The Morgan fingerprint density at radius 3 is 1.90 bits per heavy atom. The second-order valence-corrected chi connectivity index (χ2v) is 16.1. The molecule has 214 valence electrons. The minimum absolute atomic E-state index is 0.0910. The van der Waals surface area contributed by atoms with Gasteiger partial charge >= 0.3 is 0 Å². The number of hydrogen-bond acceptors (Lipinski definition) is 4. The molecule has 0 unspecified atom stereocenters. The molecule has 1 fully saturated rings. The van der Waals surface area contributed by atoms with E-state index in [0.717, 1.165) is 25.7 Å². The lowest BCUT2D eigenvalue weighted by molar-refractivity contribution is -0.0872. The van der Waals surface area contributed by atoms with Gasteiger partial charge in [-0.05, 0) is 46.7 Å². The van der Waals surface area contributed by atoms with Gasteiger partial charge in [0.15, 0.2) is 0 Å². The summed E-state index contributed by atoms with van der Waals surface area (Å²) >= 11 is 0. The summed E-state index contributed by atoms with van der Waals surface area (Å²) in [6.07, 6.45) is 6.15. The van der Waals surface area contributed by atoms with Gasteiger partial charge in [-0.25, -0.2) is 0 Å². The van der Waals surface area contributed by atoms with Crippen LogP contribution in [0.3, 0.4) is 0 Å². The third-order valence-corrected chi connectivity index (χ3v) is 12.8. The normalized spacial score (nSPS) is 18.8. The fourth-order valence-corrected chi connectivity index (χ4v) is 10.4. The molecule has 1 aliphatic rings. The highest BCUT2D eigenvalue weighted by Crippen LogP contribution is 2.37. The van der Waals surface area contributed by atoms with Crippen LogP contribution in [0.5, 0.6) is 0 Å². The van der Waals surface area contributed by atoms with Gasteiger partial charge < -0.3 is 18.6 Å². The van der Waals surface area contributed by atoms with Crippen molar-refractivity contribution >= 4 is 18.7 Å². The minimum Gasteiger partial charge on any atom is -0.405 e. The molecule has 0 amide bonds. The van der Waals surface area contributed by atoms with E-state index in [1.807, 2.05) is 6.07 Å². The maximum Gasteiger partial charge on any atom is 0.261 e. The quantitative estimate of drug-likeness (QED) is 0.163. The van der Waals surface area contributed by atoms with Gasteiger partial charge in [0.1, 0.15) is 6.10 Å². The molecular formula is C35H46O4Si. The van der Waals surface area contributed by atoms with Crippen molar-refractivity contribution in [2.45, 2.75) is 76.4 Å². The Morgan fingerprint density at radius 1 is 0.800 bits per heavy atom. The minimum atomic E-state index is -2.66. The third kappa shape index (κ3) is 8.02. The van der Waals surface area contributed by atoms with E-state index in [1.165, 1.54) is 15.9 Å². The average Bonchev–Trinajstić information content (AvgIpc) is 2.98. The van der Waals surface area contributed by atoms with Crippen LogP contribution in [0.4, 0.5) is 0 Å². The van der Waals surface area contributed by atoms with Crippen LogP contribution in [0, 0.1) is 0 Å². The molecule has 0 saturated heterocycles. The van der Waals surface area contributed by atoms with Crippen LogP contribution < -0.4 is 10.4 Å². The van der Waals surface area contributed by atoms with Crippen LogP contribution in [-0.4, -0.2) is 46.4 Å². The number of hydrogen-bond donors (Lipinski definition) is 0. The smallest absolute Gasteiger partial charge is 0.261 e. The topological polar surface area (TPSA) is 36.9 Å². The van der Waals surface area contributed by atoms with Crippen LogP contribution >= 0.6 is 0 Å². The Balaban J connectivity index is 1.44. The van der Waals surface area contributed by atoms with Crippen LogP contribution in [0.1, 0.15) is 52.0 Å². The Kier molecular flexibility index (Phi) is 11.3. The van der Waals surface area contributed by atoms with Crippen molar-refractivity contribution in [2.75, 3.05) is 19.8 Å². The molecule has 1 saturated carbocycles. The summed E-state index contributed by atoms with van der Waals surface area (Å²) < 4.78 is 26.1. The molecule has 0 spiro atoms. The summed E-state index contributed by atoms with van der Waals surface area (Å²) in [7, 11) is -2.66. The predicted octanol–water partition coefficient (Wildman–Crippen LogP) is 6.68. The molecule has 3 aromatic rings. The van der Waals surface area contributed by atoms with Crippen molar-refractivity contribution in [3.63, 3.8) is 0 Å². The highest BCUT2D eigenvalue weighted by Gasteiger charge is 2.50. The van der Waals surface area contributed by atoms with Crippen molar-refractivity contribution in [1.82, 2.24) is 0 Å². The van der Waals surface area contributed by atoms with E-state index in [9.17, 15) is 0 Å². The maximum atomic E-state index is 7.15. The second-order valence-electron chi connectivity index (χ2n) is 11.8. The Labute approximate surface area is 242 Å². The third-order valence-electron chi connectivity index (χ3n) is 7.78. The molecule has 5 heteroatoms. The van der Waals surface area contributed by atoms with Crippen molar-refractivity contribution in [3.8, 4) is 0 Å². The van der Waals surface area contributed by atoms with Gasteiger partial charge in [0.05, 0.1) is 38.6 Å². The zero-order valence-corrected chi connectivity index (χ0v) is 25.5. The predicted molar refractivity (Wildman–Crippen MR) is 167 cm³/mol. The lowest BCUT2D eigenvalue weighted by Crippen LogP contribution is -2.67. The van der Waals surface area contributed by atoms with Gasteiger partial charge in [0.2, 0.25) is 0 Å². The van der Waals surface area contributed by atoms with E-state index in [2.05, 4.69) is 112 Å². The van der Waals surface area contributed by atoms with Gasteiger partial charge in [-0.2, -0.15) is 0 Å². The molecule has 3 aromatic carbocycles. The largest absolute Gasteiger partial charge is 0.405 e. The zero-order chi connectivity index (χ0) is 28.3. The van der Waals surface area contributed by atoms with Gasteiger partial charge in [-0.15, -0.1) is 6.58 Å². The van der Waals surface area contributed by atoms with Crippen LogP contribution in [0.25, 0.3) is 0 Å². The summed E-state index contributed by atoms with van der Waals surface area (Å²) in [4.78, 5) is 0. The van der Waals surface area contributed by atoms with E-state index in [4.69, 9.17) is 18.6 Å². The first-order chi connectivity index (χ1) is 19.4. The highest BCUT2D eigenvalue weighted by molar-refractivity contribution is 6.99. The van der Waals surface area contributed by atoms with Crippen molar-refractivity contribution in [3.05, 3.63) is 109 Å². The molecule has 3 atom stereocenters. The zero-order valence-electron chi connectivity index (χ0n) is 24.5. The van der Waals surface area contributed by atoms with Gasteiger partial charge in [-0.1, -0.05) is 118 Å². The molecule has 4 rings (SSSR count). The standard InChI is InChI=1S/C35H46O4Si/c1-5-24-36-32(27-38-31-19-15-18-30(25-31)37-26-29-16-9-6-10-17-29)28-39-40(35(2,3)4,33-20-11-7-12-21-33)34-22-13-8-14-23-34/h5-14,16-17,20-23,30-32H,1,15,18-19,24-28H2,2-4H3/t30-,31+,32+/m1/s1. The molecule has 0 aromatic heterocycles. The van der Waals surface area contributed by atoms with Crippen molar-refractivity contribution in [2.24, 2.45) is 0 Å². The lowest BCUT2D eigenvalue weighted by Gasteiger charge is -2.43. The lowest BCUT2D eigenvalue weighted by atomic mass is 9.95. The Hall–Kier alpha value is -2.54. The van der Waals surface area contributed by atoms with Crippen LogP contribution in [-0.2, 0) is 25.2 Å². The van der Waals surface area contributed by atoms with Crippen molar-refractivity contribution in [1.29, 1.82) is 0 Å². The molecule has 40 heavy (non-hydrogen) atoms. The van der Waals surface area contributed by atoms with Crippen LogP contribution in [0.2, 0.25) is 5.04 Å². The van der Waals surface area contributed by atoms with Gasteiger partial charge in [0.25, 0.3) is 8.32 Å². The number of ether oxygens (including phenoxy) is 3. The maximum absolute atomic E-state index is 7.15. The van der Waals surface area contributed by atoms with E-state index in [0.29, 0.717) is 26.4 Å². The fourth-order valence-electron chi connectivity index (χ4n) is 5.76. The average molecular weight is 559 g/mol. The SMILES string of the molecule is C=CCO[C@@H](CO[C@H]1CCC[C@@H](OCc2ccccc2)C1)CO[Si](c1ccccc1)(c1ccccc1)C(C)(C)C. The van der Waals surface area contributed by atoms with E-state index in [-0.39, 0.29) is 23.4 Å². The molecule has 1 aliphatic carbocycles. The molecule has 0 radical (unpaired) electrons. The summed E-state index contributed by atoms with van der Waals surface area (Å²) in [6, 6.07) is 31.9. The first kappa shape index (κ1) is 30.4. The highest BCUT2D eigenvalue weighted by atomic mass is 28.4. The van der Waals surface area contributed by atoms with E-state index < -0.39 is 8.32 Å². The Bertz CT molecular complexity index is 1090. The fraction of sp³-hybridized carbons (Fsp3) is 0.429. The van der Waals surface area contributed by atoms with E-state index in [1.54, 1.807) is 6.08 Å². The number of benzene rings is 3. The van der Waals surface area contributed by atoms with Gasteiger partial charge in [-0.3, -0.25) is 0 Å². The first-order valence-electron chi connectivity index (χ1n) is 14.7. The summed E-state index contributed by atoms with van der Waals surface area (Å²) in [5.41, 5.74) is 1.21. The molecule has 4 nitrogen and oxygen atoms in total. The van der Waals surface area contributed by atoms with Crippen LogP contribution in [0.15, 0.2) is 104 Å². The molecule has 0 bridgehead atoms.